The Morgan fingerprint density at radius 3 is 2.56 bits per heavy atom. The highest BCUT2D eigenvalue weighted by Crippen LogP contribution is 2.27. The highest BCUT2D eigenvalue weighted by Gasteiger charge is 2.19. The molecule has 0 aliphatic heterocycles. The van der Waals surface area contributed by atoms with Gasteiger partial charge in [-0.25, -0.2) is 4.98 Å². The van der Waals surface area contributed by atoms with E-state index in [-0.39, 0.29) is 11.2 Å². The summed E-state index contributed by atoms with van der Waals surface area (Å²) in [5.74, 6) is 0.112. The Bertz CT molecular complexity index is 879. The maximum Gasteiger partial charge on any atom is 0.235 e. The van der Waals surface area contributed by atoms with Crippen LogP contribution in [0.5, 0.6) is 0 Å². The smallest absolute Gasteiger partial charge is 0.235 e. The Balaban J connectivity index is 1.71. The van der Waals surface area contributed by atoms with Crippen LogP contribution in [0.25, 0.3) is 10.9 Å². The molecule has 1 atom stereocenters. The predicted molar refractivity (Wildman–Crippen MR) is 105 cm³/mol. The number of aryl methyl sites for hydroxylation is 1. The van der Waals surface area contributed by atoms with Crippen molar-refractivity contribution in [3.05, 3.63) is 71.8 Å². The monoisotopic (exact) mass is 350 g/mol. The number of hydrogen-bond acceptors (Lipinski definition) is 3. The molecule has 0 fully saturated rings. The van der Waals surface area contributed by atoms with Gasteiger partial charge in [-0.1, -0.05) is 60.3 Å². The number of benzene rings is 2. The van der Waals surface area contributed by atoms with Crippen molar-refractivity contribution in [2.75, 3.05) is 7.05 Å². The summed E-state index contributed by atoms with van der Waals surface area (Å²) in [5.41, 5.74) is 3.29. The number of thioether (sulfide) groups is 1. The second-order valence-corrected chi connectivity index (χ2v) is 7.60. The minimum Gasteiger partial charge on any atom is -0.340 e. The molecule has 0 saturated heterocycles. The summed E-state index contributed by atoms with van der Waals surface area (Å²) >= 11 is 1.52. The Kier molecular flexibility index (Phi) is 5.39. The van der Waals surface area contributed by atoms with Crippen molar-refractivity contribution < 1.29 is 4.79 Å². The lowest BCUT2D eigenvalue weighted by molar-refractivity contribution is -0.129. The Morgan fingerprint density at radius 1 is 1.12 bits per heavy atom. The minimum atomic E-state index is -0.179. The molecule has 0 aliphatic carbocycles. The first-order chi connectivity index (χ1) is 12.0. The number of para-hydroxylation sites is 1. The first-order valence-corrected chi connectivity index (χ1v) is 9.24. The molecular formula is C21H22N2OS. The number of amides is 1. The molecule has 0 bridgehead atoms. The van der Waals surface area contributed by atoms with E-state index >= 15 is 0 Å². The standard InChI is InChI=1S/C21H22N2OS/c1-15-13-20(22-19-12-8-7-11-18(15)19)25-16(2)21(24)23(3)14-17-9-5-4-6-10-17/h4-13,16H,14H2,1-3H3. The summed E-state index contributed by atoms with van der Waals surface area (Å²) in [7, 11) is 1.85. The second kappa shape index (κ2) is 7.70. The summed E-state index contributed by atoms with van der Waals surface area (Å²) < 4.78 is 0. The lowest BCUT2D eigenvalue weighted by Crippen LogP contribution is -2.32. The van der Waals surface area contributed by atoms with Crippen LogP contribution in [0.15, 0.2) is 65.7 Å². The van der Waals surface area contributed by atoms with E-state index in [2.05, 4.69) is 19.1 Å². The van der Waals surface area contributed by atoms with E-state index in [0.717, 1.165) is 21.5 Å². The lowest BCUT2D eigenvalue weighted by atomic mass is 10.1. The van der Waals surface area contributed by atoms with E-state index in [4.69, 9.17) is 4.98 Å². The first-order valence-electron chi connectivity index (χ1n) is 8.36. The normalized spacial score (nSPS) is 12.1. The second-order valence-electron chi connectivity index (χ2n) is 6.23. The third-order valence-electron chi connectivity index (χ3n) is 4.18. The van der Waals surface area contributed by atoms with E-state index in [1.54, 1.807) is 4.90 Å². The Labute approximate surface area is 153 Å². The van der Waals surface area contributed by atoms with Crippen LogP contribution in [-0.2, 0) is 11.3 Å². The maximum atomic E-state index is 12.7. The van der Waals surface area contributed by atoms with Crippen molar-refractivity contribution in [3.63, 3.8) is 0 Å². The van der Waals surface area contributed by atoms with Gasteiger partial charge in [0, 0.05) is 19.0 Å². The van der Waals surface area contributed by atoms with Crippen molar-refractivity contribution in [2.45, 2.75) is 30.7 Å². The predicted octanol–water partition coefficient (Wildman–Crippen LogP) is 4.68. The molecule has 1 heterocycles. The van der Waals surface area contributed by atoms with E-state index in [0.29, 0.717) is 6.54 Å². The topological polar surface area (TPSA) is 33.2 Å². The van der Waals surface area contributed by atoms with Crippen molar-refractivity contribution in [3.8, 4) is 0 Å². The molecular weight excluding hydrogens is 328 g/mol. The number of hydrogen-bond donors (Lipinski definition) is 0. The minimum absolute atomic E-state index is 0.112. The SMILES string of the molecule is Cc1cc(SC(C)C(=O)N(C)Cc2ccccc2)nc2ccccc12. The van der Waals surface area contributed by atoms with Crippen LogP contribution in [0.2, 0.25) is 0 Å². The van der Waals surface area contributed by atoms with E-state index in [1.165, 1.54) is 17.3 Å². The quantitative estimate of drug-likeness (QED) is 0.626. The molecule has 3 nitrogen and oxygen atoms in total. The number of pyridine rings is 1. The van der Waals surface area contributed by atoms with E-state index in [9.17, 15) is 4.79 Å². The van der Waals surface area contributed by atoms with Crippen LogP contribution in [0, 0.1) is 6.92 Å². The highest BCUT2D eigenvalue weighted by molar-refractivity contribution is 8.00. The molecule has 1 unspecified atom stereocenters. The summed E-state index contributed by atoms with van der Waals surface area (Å²) in [6, 6.07) is 20.2. The van der Waals surface area contributed by atoms with Crippen LogP contribution < -0.4 is 0 Å². The number of rotatable bonds is 5. The van der Waals surface area contributed by atoms with Crippen LogP contribution in [0.4, 0.5) is 0 Å². The van der Waals surface area contributed by atoms with Crippen LogP contribution in [0.3, 0.4) is 0 Å². The number of carbonyl (C=O) groups excluding carboxylic acids is 1. The van der Waals surface area contributed by atoms with Gasteiger partial charge in [0.2, 0.25) is 5.91 Å². The van der Waals surface area contributed by atoms with Gasteiger partial charge in [0.1, 0.15) is 0 Å². The Hall–Kier alpha value is -2.33. The van der Waals surface area contributed by atoms with Crippen molar-refractivity contribution in [1.82, 2.24) is 9.88 Å². The van der Waals surface area contributed by atoms with Gasteiger partial charge in [-0.15, -0.1) is 0 Å². The zero-order chi connectivity index (χ0) is 17.8. The first kappa shape index (κ1) is 17.5. The zero-order valence-electron chi connectivity index (χ0n) is 14.8. The fourth-order valence-corrected chi connectivity index (χ4v) is 3.89. The molecule has 0 N–H and O–H groups in total. The molecule has 128 valence electrons. The molecule has 25 heavy (non-hydrogen) atoms. The zero-order valence-corrected chi connectivity index (χ0v) is 15.6. The summed E-state index contributed by atoms with van der Waals surface area (Å²) in [6.45, 7) is 4.65. The largest absolute Gasteiger partial charge is 0.340 e. The van der Waals surface area contributed by atoms with Crippen molar-refractivity contribution in [2.24, 2.45) is 0 Å². The molecule has 2 aromatic carbocycles. The molecule has 0 aliphatic rings. The molecule has 1 aromatic heterocycles. The maximum absolute atomic E-state index is 12.7. The average Bonchev–Trinajstić information content (AvgIpc) is 2.62. The van der Waals surface area contributed by atoms with Crippen LogP contribution >= 0.6 is 11.8 Å². The van der Waals surface area contributed by atoms with E-state index < -0.39 is 0 Å². The Morgan fingerprint density at radius 2 is 1.80 bits per heavy atom. The van der Waals surface area contributed by atoms with Gasteiger partial charge in [0.25, 0.3) is 0 Å². The third kappa shape index (κ3) is 4.20. The van der Waals surface area contributed by atoms with Gasteiger partial charge in [-0.2, -0.15) is 0 Å². The van der Waals surface area contributed by atoms with Crippen LogP contribution in [-0.4, -0.2) is 28.1 Å². The molecule has 3 aromatic rings. The molecule has 0 spiro atoms. The van der Waals surface area contributed by atoms with Gasteiger partial charge >= 0.3 is 0 Å². The highest BCUT2D eigenvalue weighted by atomic mass is 32.2. The molecule has 0 saturated carbocycles. The van der Waals surface area contributed by atoms with Crippen LogP contribution in [0.1, 0.15) is 18.1 Å². The summed E-state index contributed by atoms with van der Waals surface area (Å²) in [6.07, 6.45) is 0. The molecule has 3 rings (SSSR count). The van der Waals surface area contributed by atoms with Gasteiger partial charge in [0.05, 0.1) is 15.8 Å². The fourth-order valence-electron chi connectivity index (χ4n) is 2.86. The third-order valence-corrected chi connectivity index (χ3v) is 5.19. The summed E-state index contributed by atoms with van der Waals surface area (Å²) in [4.78, 5) is 19.2. The molecule has 1 amide bonds. The molecule has 0 radical (unpaired) electrons. The number of aromatic nitrogens is 1. The van der Waals surface area contributed by atoms with Crippen molar-refractivity contribution >= 4 is 28.6 Å². The van der Waals surface area contributed by atoms with Gasteiger partial charge < -0.3 is 4.90 Å². The van der Waals surface area contributed by atoms with Gasteiger partial charge in [-0.3, -0.25) is 4.79 Å². The molecule has 4 heteroatoms. The van der Waals surface area contributed by atoms with E-state index in [1.807, 2.05) is 62.5 Å². The average molecular weight is 350 g/mol. The number of fused-ring (bicyclic) bond motifs is 1. The lowest BCUT2D eigenvalue weighted by Gasteiger charge is -2.21. The van der Waals surface area contributed by atoms with Crippen molar-refractivity contribution in [1.29, 1.82) is 0 Å². The number of nitrogens with zero attached hydrogens (tertiary/aromatic N) is 2. The fraction of sp³-hybridized carbons (Fsp3) is 0.238. The van der Waals surface area contributed by atoms with Gasteiger partial charge in [0.15, 0.2) is 0 Å². The summed E-state index contributed by atoms with van der Waals surface area (Å²) in [5, 5.41) is 1.87. The van der Waals surface area contributed by atoms with Gasteiger partial charge in [-0.05, 0) is 37.1 Å². The number of carbonyl (C=O) groups is 1.